The third kappa shape index (κ3) is 5.27. The molecule has 0 radical (unpaired) electrons. The van der Waals surface area contributed by atoms with E-state index in [1.165, 1.54) is 5.56 Å². The van der Waals surface area contributed by atoms with Crippen molar-refractivity contribution in [3.8, 4) is 0 Å². The Bertz CT molecular complexity index is 717. The summed E-state index contributed by atoms with van der Waals surface area (Å²) in [4.78, 5) is 13.7. The molecule has 4 heteroatoms. The van der Waals surface area contributed by atoms with E-state index in [2.05, 4.69) is 31.2 Å². The van der Waals surface area contributed by atoms with Crippen molar-refractivity contribution in [1.82, 2.24) is 0 Å². The van der Waals surface area contributed by atoms with Gasteiger partial charge in [-0.2, -0.15) is 0 Å². The van der Waals surface area contributed by atoms with Gasteiger partial charge in [-0.15, -0.1) is 11.8 Å². The predicted molar refractivity (Wildman–Crippen MR) is 105 cm³/mol. The molecule has 24 heavy (non-hydrogen) atoms. The number of Topliss-reactive ketones (excluding diaryl/α,β-unsaturated/α-hetero) is 1. The fourth-order valence-corrected chi connectivity index (χ4v) is 4.03. The van der Waals surface area contributed by atoms with Gasteiger partial charge in [0.1, 0.15) is 5.78 Å². The molecule has 0 aliphatic rings. The second kappa shape index (κ2) is 7.95. The molecule has 0 aliphatic carbocycles. The van der Waals surface area contributed by atoms with Crippen LogP contribution in [0.4, 0.5) is 0 Å². The van der Waals surface area contributed by atoms with Gasteiger partial charge >= 0.3 is 0 Å². The van der Waals surface area contributed by atoms with Crippen molar-refractivity contribution in [3.05, 3.63) is 63.6 Å². The Morgan fingerprint density at radius 3 is 2.25 bits per heavy atom. The zero-order chi connectivity index (χ0) is 17.9. The van der Waals surface area contributed by atoms with Crippen LogP contribution >= 0.6 is 35.0 Å². The number of hydrogen-bond acceptors (Lipinski definition) is 2. The normalized spacial score (nSPS) is 12.9. The first kappa shape index (κ1) is 19.4. The highest BCUT2D eigenvalue weighted by Crippen LogP contribution is 2.42. The number of halogens is 2. The van der Waals surface area contributed by atoms with E-state index in [0.29, 0.717) is 16.5 Å². The number of thioether (sulfide) groups is 1. The summed E-state index contributed by atoms with van der Waals surface area (Å²) in [7, 11) is 0. The Morgan fingerprint density at radius 1 is 1.08 bits per heavy atom. The maximum Gasteiger partial charge on any atom is 0.139 e. The standard InChI is InChI=1S/C20H22Cl2OS/c1-13-5-8-15(9-6-13)24-18(12-19(23)20(2,3)4)16-10-7-14(21)11-17(16)22/h5-11,18H,12H2,1-4H3. The first-order chi connectivity index (χ1) is 11.2. The summed E-state index contributed by atoms with van der Waals surface area (Å²) in [6, 6.07) is 13.8. The van der Waals surface area contributed by atoms with Crippen molar-refractivity contribution in [2.45, 2.75) is 44.3 Å². The van der Waals surface area contributed by atoms with Crippen LogP contribution in [0.25, 0.3) is 0 Å². The lowest BCUT2D eigenvalue weighted by molar-refractivity contribution is -0.126. The average molecular weight is 381 g/mol. The molecule has 0 spiro atoms. The number of hydrogen-bond donors (Lipinski definition) is 0. The van der Waals surface area contributed by atoms with Gasteiger partial charge in [0.25, 0.3) is 0 Å². The molecule has 0 aliphatic heterocycles. The highest BCUT2D eigenvalue weighted by molar-refractivity contribution is 7.99. The molecule has 2 aromatic carbocycles. The monoisotopic (exact) mass is 380 g/mol. The fraction of sp³-hybridized carbons (Fsp3) is 0.350. The maximum atomic E-state index is 12.6. The zero-order valence-electron chi connectivity index (χ0n) is 14.4. The van der Waals surface area contributed by atoms with Crippen LogP contribution in [0.2, 0.25) is 10.0 Å². The molecular formula is C20H22Cl2OS. The van der Waals surface area contributed by atoms with Crippen molar-refractivity contribution in [1.29, 1.82) is 0 Å². The van der Waals surface area contributed by atoms with Gasteiger partial charge in [-0.1, -0.05) is 67.7 Å². The minimum absolute atomic E-state index is 0.0378. The van der Waals surface area contributed by atoms with Gasteiger partial charge in [-0.05, 0) is 36.8 Å². The summed E-state index contributed by atoms with van der Waals surface area (Å²) in [5, 5.41) is 1.17. The first-order valence-electron chi connectivity index (χ1n) is 7.88. The van der Waals surface area contributed by atoms with Gasteiger partial charge in [0.05, 0.1) is 0 Å². The molecule has 0 N–H and O–H groups in total. The van der Waals surface area contributed by atoms with E-state index in [-0.39, 0.29) is 16.4 Å². The fourth-order valence-electron chi connectivity index (χ4n) is 2.23. The summed E-state index contributed by atoms with van der Waals surface area (Å²) >= 11 is 14.1. The number of benzene rings is 2. The second-order valence-electron chi connectivity index (χ2n) is 6.96. The number of aryl methyl sites for hydroxylation is 1. The minimum Gasteiger partial charge on any atom is -0.299 e. The smallest absolute Gasteiger partial charge is 0.139 e. The molecule has 0 saturated heterocycles. The topological polar surface area (TPSA) is 17.1 Å². The van der Waals surface area contributed by atoms with Gasteiger partial charge < -0.3 is 0 Å². The predicted octanol–water partition coefficient (Wildman–Crippen LogP) is 7.14. The molecule has 1 nitrogen and oxygen atoms in total. The Balaban J connectivity index is 2.33. The molecule has 0 fully saturated rings. The summed E-state index contributed by atoms with van der Waals surface area (Å²) in [5.41, 5.74) is 1.79. The molecule has 0 aromatic heterocycles. The third-order valence-electron chi connectivity index (χ3n) is 3.82. The van der Waals surface area contributed by atoms with Gasteiger partial charge in [0, 0.05) is 32.0 Å². The molecule has 0 bridgehead atoms. The lowest BCUT2D eigenvalue weighted by Crippen LogP contribution is -2.21. The van der Waals surface area contributed by atoms with Crippen LogP contribution in [-0.4, -0.2) is 5.78 Å². The lowest BCUT2D eigenvalue weighted by atomic mass is 9.87. The number of ketones is 1. The second-order valence-corrected chi connectivity index (χ2v) is 9.08. The van der Waals surface area contributed by atoms with Crippen LogP contribution in [0, 0.1) is 12.3 Å². The molecule has 0 heterocycles. The van der Waals surface area contributed by atoms with Crippen molar-refractivity contribution in [2.24, 2.45) is 5.41 Å². The lowest BCUT2D eigenvalue weighted by Gasteiger charge is -2.23. The summed E-state index contributed by atoms with van der Waals surface area (Å²) in [5.74, 6) is 0.220. The summed E-state index contributed by atoms with van der Waals surface area (Å²) < 4.78 is 0. The van der Waals surface area contributed by atoms with Gasteiger partial charge in [0.15, 0.2) is 0 Å². The van der Waals surface area contributed by atoms with E-state index >= 15 is 0 Å². The highest BCUT2D eigenvalue weighted by atomic mass is 35.5. The Kier molecular flexibility index (Phi) is 6.41. The summed E-state index contributed by atoms with van der Waals surface area (Å²) in [6.45, 7) is 7.91. The molecule has 2 rings (SSSR count). The van der Waals surface area contributed by atoms with Gasteiger partial charge in [-0.3, -0.25) is 4.79 Å². The van der Waals surface area contributed by atoms with Gasteiger partial charge in [0.2, 0.25) is 0 Å². The van der Waals surface area contributed by atoms with Crippen LogP contribution in [-0.2, 0) is 4.79 Å². The Hall–Kier alpha value is -0.960. The van der Waals surface area contributed by atoms with Crippen LogP contribution in [0.1, 0.15) is 43.6 Å². The quantitative estimate of drug-likeness (QED) is 0.512. The minimum atomic E-state index is -0.370. The SMILES string of the molecule is Cc1ccc(SC(CC(=O)C(C)(C)C)c2ccc(Cl)cc2Cl)cc1. The van der Waals surface area contributed by atoms with E-state index in [4.69, 9.17) is 23.2 Å². The zero-order valence-corrected chi connectivity index (χ0v) is 16.7. The molecule has 2 aromatic rings. The number of rotatable bonds is 5. The van der Waals surface area contributed by atoms with E-state index in [1.54, 1.807) is 17.8 Å². The molecule has 128 valence electrons. The molecule has 1 unspecified atom stereocenters. The Labute approximate surface area is 158 Å². The van der Waals surface area contributed by atoms with Crippen molar-refractivity contribution in [2.75, 3.05) is 0 Å². The molecule has 0 saturated carbocycles. The highest BCUT2D eigenvalue weighted by Gasteiger charge is 2.27. The summed E-state index contributed by atoms with van der Waals surface area (Å²) in [6.07, 6.45) is 0.434. The number of carbonyl (C=O) groups excluding carboxylic acids is 1. The van der Waals surface area contributed by atoms with Crippen LogP contribution < -0.4 is 0 Å². The van der Waals surface area contributed by atoms with Crippen LogP contribution in [0.3, 0.4) is 0 Å². The first-order valence-corrected chi connectivity index (χ1v) is 9.52. The van der Waals surface area contributed by atoms with E-state index < -0.39 is 0 Å². The maximum absolute atomic E-state index is 12.6. The van der Waals surface area contributed by atoms with Crippen LogP contribution in [0.5, 0.6) is 0 Å². The van der Waals surface area contributed by atoms with E-state index in [9.17, 15) is 4.79 Å². The molecular weight excluding hydrogens is 359 g/mol. The van der Waals surface area contributed by atoms with Crippen LogP contribution in [0.15, 0.2) is 47.4 Å². The Morgan fingerprint density at radius 2 is 1.71 bits per heavy atom. The molecule has 0 amide bonds. The average Bonchev–Trinajstić information content (AvgIpc) is 2.48. The van der Waals surface area contributed by atoms with Gasteiger partial charge in [-0.25, -0.2) is 0 Å². The largest absolute Gasteiger partial charge is 0.299 e. The van der Waals surface area contributed by atoms with Crippen molar-refractivity contribution in [3.63, 3.8) is 0 Å². The van der Waals surface area contributed by atoms with E-state index in [1.807, 2.05) is 32.9 Å². The third-order valence-corrected chi connectivity index (χ3v) is 5.63. The van der Waals surface area contributed by atoms with Crippen molar-refractivity contribution < 1.29 is 4.79 Å². The molecule has 1 atom stereocenters. The van der Waals surface area contributed by atoms with Crippen molar-refractivity contribution >= 4 is 40.7 Å². The number of carbonyl (C=O) groups is 1. The van der Waals surface area contributed by atoms with E-state index in [0.717, 1.165) is 10.5 Å².